The molecule has 3 amide bonds. The second kappa shape index (κ2) is 20.8. The van der Waals surface area contributed by atoms with Crippen molar-refractivity contribution in [3.8, 4) is 17.1 Å². The highest BCUT2D eigenvalue weighted by Gasteiger charge is 2.39. The van der Waals surface area contributed by atoms with Crippen molar-refractivity contribution in [1.82, 2.24) is 34.6 Å². The molecule has 0 fully saturated rings. The molecule has 6 atom stereocenters. The van der Waals surface area contributed by atoms with Crippen molar-refractivity contribution >= 4 is 29.2 Å². The van der Waals surface area contributed by atoms with Crippen LogP contribution in [0.2, 0.25) is 0 Å². The molecule has 1 unspecified atom stereocenters. The highest BCUT2D eigenvalue weighted by atomic mass is 32.1. The van der Waals surface area contributed by atoms with Gasteiger partial charge < -0.3 is 26.0 Å². The number of thiazole rings is 1. The summed E-state index contributed by atoms with van der Waals surface area (Å²) >= 11 is 1.48. The first-order chi connectivity index (χ1) is 29.4. The minimum atomic E-state index is -1.26. The number of nitrogens with one attached hydrogen (secondary N) is 2. The Hall–Kier alpha value is -5.80. The smallest absolute Gasteiger partial charge is 0.407 e. The summed E-state index contributed by atoms with van der Waals surface area (Å²) in [4.78, 5) is 64.9. The molecule has 14 nitrogen and oxygen atoms in total. The van der Waals surface area contributed by atoms with Crippen LogP contribution in [0, 0.1) is 11.3 Å². The highest BCUT2D eigenvalue weighted by molar-refractivity contribution is 7.09. The van der Waals surface area contributed by atoms with Gasteiger partial charge in [-0.15, -0.1) is 11.3 Å². The molecule has 0 bridgehead atoms. The number of nitrogens with zero attached hydrogens (tertiary/aromatic N) is 5. The zero-order chi connectivity index (χ0) is 45.3. The van der Waals surface area contributed by atoms with Crippen LogP contribution in [0.25, 0.3) is 11.3 Å². The van der Waals surface area contributed by atoms with Crippen molar-refractivity contribution in [3.63, 3.8) is 0 Å². The summed E-state index contributed by atoms with van der Waals surface area (Å²) < 4.78 is 2.45. The number of carbonyl (C=O) groups is 3. The van der Waals surface area contributed by atoms with E-state index in [1.54, 1.807) is 27.0 Å². The van der Waals surface area contributed by atoms with Crippen molar-refractivity contribution in [2.45, 2.75) is 117 Å². The minimum absolute atomic E-state index is 0.0176. The number of hydrogen-bond acceptors (Lipinski definition) is 9. The van der Waals surface area contributed by atoms with Crippen LogP contribution in [0.4, 0.5) is 4.79 Å². The van der Waals surface area contributed by atoms with Gasteiger partial charge in [0.05, 0.1) is 41.3 Å². The summed E-state index contributed by atoms with van der Waals surface area (Å²) in [6.07, 6.45) is 1.52. The molecule has 5 N–H and O–H groups in total. The standard InChI is InChI=1S/C47H61N7O7S/c1-9-30(4)40(54-27-39(56)53(45(54)59)26-35-28-62-44(50-35)29(2)3)42(57)51-37(24-31-15-11-10-12-16-31)38(55)25-34(49-43(58)41(47(5,6)7)52(8)46(60)61)23-32-18-20-33(21-19-32)36-17-13-14-22-48-36/h10-22,27-30,34,37-38,40-41,55-56H,9,23-26H2,1-8H3,(H,49,58)(H,51,57)(H,60,61)/t30?,34-,37-,38-,40-,41+/m0/s1. The number of aliphatic hydroxyl groups is 1. The van der Waals surface area contributed by atoms with E-state index in [0.29, 0.717) is 12.1 Å². The fourth-order valence-electron chi connectivity index (χ4n) is 7.78. The van der Waals surface area contributed by atoms with Crippen LogP contribution in [0.1, 0.15) is 95.1 Å². The fourth-order valence-corrected chi connectivity index (χ4v) is 8.60. The minimum Gasteiger partial charge on any atom is -0.493 e. The van der Waals surface area contributed by atoms with Crippen molar-refractivity contribution in [2.24, 2.45) is 11.3 Å². The summed E-state index contributed by atoms with van der Waals surface area (Å²) in [5.41, 5.74) is 2.66. The molecule has 5 rings (SSSR count). The largest absolute Gasteiger partial charge is 0.493 e. The highest BCUT2D eigenvalue weighted by Crippen LogP contribution is 2.27. The molecule has 0 saturated carbocycles. The van der Waals surface area contributed by atoms with Gasteiger partial charge in [0.15, 0.2) is 0 Å². The van der Waals surface area contributed by atoms with E-state index < -0.39 is 59.3 Å². The second-order valence-electron chi connectivity index (χ2n) is 17.5. The molecule has 3 heterocycles. The molecule has 0 aliphatic heterocycles. The number of aromatic nitrogens is 4. The van der Waals surface area contributed by atoms with E-state index in [4.69, 9.17) is 0 Å². The predicted molar refractivity (Wildman–Crippen MR) is 241 cm³/mol. The number of carbonyl (C=O) groups excluding carboxylic acids is 2. The number of likely N-dealkylation sites (N-methyl/N-ethyl adjacent to an activating group) is 1. The van der Waals surface area contributed by atoms with Crippen LogP contribution in [0.3, 0.4) is 0 Å². The monoisotopic (exact) mass is 867 g/mol. The molecule has 0 spiro atoms. The summed E-state index contributed by atoms with van der Waals surface area (Å²) in [5, 5.41) is 42.1. The molecule has 0 saturated heterocycles. The van der Waals surface area contributed by atoms with Gasteiger partial charge in [-0.3, -0.25) is 28.6 Å². The third kappa shape index (κ3) is 12.0. The molecular weight excluding hydrogens is 807 g/mol. The maximum Gasteiger partial charge on any atom is 0.407 e. The van der Waals surface area contributed by atoms with Gasteiger partial charge in [-0.05, 0) is 53.9 Å². The molecule has 3 aromatic heterocycles. The summed E-state index contributed by atoms with van der Waals surface area (Å²) in [6, 6.07) is 19.1. The first-order valence-electron chi connectivity index (χ1n) is 21.1. The van der Waals surface area contributed by atoms with Gasteiger partial charge in [0.1, 0.15) is 12.1 Å². The SMILES string of the molecule is CCC(C)[C@@H](C(=O)N[C@@H](Cc1ccccc1)[C@@H](O)C[C@H](Cc1ccc(-c2ccccn2)cc1)NC(=O)[C@@H](N(C)C(=O)O)C(C)(C)C)n1cc(O)n(Cc2csc(C(C)C)n2)c1=O. The van der Waals surface area contributed by atoms with Crippen molar-refractivity contribution in [2.75, 3.05) is 7.05 Å². The van der Waals surface area contributed by atoms with Gasteiger partial charge in [0, 0.05) is 36.1 Å². The van der Waals surface area contributed by atoms with Crippen molar-refractivity contribution < 1.29 is 29.7 Å². The quantitative estimate of drug-likeness (QED) is 0.0590. The Bertz CT molecular complexity index is 2300. The van der Waals surface area contributed by atoms with Crippen LogP contribution in [-0.4, -0.2) is 88.5 Å². The van der Waals surface area contributed by atoms with Gasteiger partial charge >= 0.3 is 11.8 Å². The number of aromatic hydroxyl groups is 1. The van der Waals surface area contributed by atoms with E-state index in [1.165, 1.54) is 33.7 Å². The molecule has 15 heteroatoms. The van der Waals surface area contributed by atoms with E-state index in [9.17, 15) is 34.5 Å². The lowest BCUT2D eigenvalue weighted by Crippen LogP contribution is -2.57. The topological polar surface area (TPSA) is 192 Å². The Morgan fingerprint density at radius 2 is 1.56 bits per heavy atom. The Morgan fingerprint density at radius 3 is 2.15 bits per heavy atom. The van der Waals surface area contributed by atoms with Gasteiger partial charge in [0.2, 0.25) is 17.7 Å². The van der Waals surface area contributed by atoms with Crippen molar-refractivity contribution in [1.29, 1.82) is 0 Å². The zero-order valence-electron chi connectivity index (χ0n) is 36.9. The molecule has 5 aromatic rings. The first kappa shape index (κ1) is 47.3. The van der Waals surface area contributed by atoms with Crippen molar-refractivity contribution in [3.05, 3.63) is 123 Å². The molecule has 0 aliphatic carbocycles. The predicted octanol–water partition coefficient (Wildman–Crippen LogP) is 6.86. The Kier molecular flexibility index (Phi) is 15.9. The number of imidazole rings is 1. The lowest BCUT2D eigenvalue weighted by atomic mass is 9.84. The van der Waals surface area contributed by atoms with Gasteiger partial charge in [-0.1, -0.05) is 116 Å². The van der Waals surface area contributed by atoms with E-state index in [-0.39, 0.29) is 43.5 Å². The zero-order valence-corrected chi connectivity index (χ0v) is 37.7. The first-order valence-corrected chi connectivity index (χ1v) is 22.0. The number of rotatable bonds is 19. The van der Waals surface area contributed by atoms with Gasteiger partial charge in [0.25, 0.3) is 0 Å². The van der Waals surface area contributed by atoms with Gasteiger partial charge in [-0.25, -0.2) is 14.6 Å². The Labute approximate surface area is 367 Å². The number of amides is 3. The molecular formula is C47H61N7O7S. The van der Waals surface area contributed by atoms with Crippen LogP contribution in [-0.2, 0) is 29.0 Å². The molecule has 0 radical (unpaired) electrons. The number of hydrogen-bond donors (Lipinski definition) is 5. The fraction of sp³-hybridized carbons (Fsp3) is 0.447. The number of aliphatic hydroxyl groups excluding tert-OH is 1. The third-order valence-corrected chi connectivity index (χ3v) is 12.4. The lowest BCUT2D eigenvalue weighted by molar-refractivity contribution is -0.130. The van der Waals surface area contributed by atoms with Crippen LogP contribution in [0.5, 0.6) is 5.88 Å². The van der Waals surface area contributed by atoms with Gasteiger partial charge in [-0.2, -0.15) is 0 Å². The third-order valence-electron chi connectivity index (χ3n) is 11.2. The molecule has 62 heavy (non-hydrogen) atoms. The van der Waals surface area contributed by atoms with E-state index in [2.05, 4.69) is 20.6 Å². The Morgan fingerprint density at radius 1 is 0.903 bits per heavy atom. The molecule has 2 aromatic carbocycles. The lowest BCUT2D eigenvalue weighted by Gasteiger charge is -2.37. The van der Waals surface area contributed by atoms with Crippen LogP contribution >= 0.6 is 11.3 Å². The summed E-state index contributed by atoms with van der Waals surface area (Å²) in [7, 11) is 1.36. The maximum atomic E-state index is 14.6. The van der Waals surface area contributed by atoms with E-state index in [1.807, 2.05) is 106 Å². The second-order valence-corrected chi connectivity index (χ2v) is 18.4. The molecule has 332 valence electrons. The number of pyridine rings is 1. The molecule has 0 aliphatic rings. The summed E-state index contributed by atoms with van der Waals surface area (Å²) in [6.45, 7) is 13.2. The van der Waals surface area contributed by atoms with E-state index >= 15 is 0 Å². The summed E-state index contributed by atoms with van der Waals surface area (Å²) in [5.74, 6) is -1.49. The van der Waals surface area contributed by atoms with Crippen LogP contribution in [0.15, 0.2) is 95.4 Å². The van der Waals surface area contributed by atoms with E-state index in [0.717, 1.165) is 32.3 Å². The normalized spacial score (nSPS) is 14.7. The number of benzene rings is 2. The van der Waals surface area contributed by atoms with Crippen LogP contribution < -0.4 is 16.3 Å². The average Bonchev–Trinajstić information content (AvgIpc) is 3.81. The Balaban J connectivity index is 1.47. The average molecular weight is 868 g/mol. The number of carboxylic acid groups (broad SMARTS) is 1. The maximum absolute atomic E-state index is 14.6.